The summed E-state index contributed by atoms with van der Waals surface area (Å²) in [5, 5.41) is 0. The third-order valence-corrected chi connectivity index (χ3v) is 2.61. The van der Waals surface area contributed by atoms with Crippen LogP contribution in [-0.2, 0) is 16.6 Å². The molecule has 0 saturated heterocycles. The quantitative estimate of drug-likeness (QED) is 0.846. The van der Waals surface area contributed by atoms with Gasteiger partial charge >= 0.3 is 5.76 Å². The van der Waals surface area contributed by atoms with E-state index in [0.717, 1.165) is 0 Å². The number of quaternary nitrogens is 1. The largest absolute Gasteiger partial charge is 0.572 e. The van der Waals surface area contributed by atoms with Gasteiger partial charge in [0.1, 0.15) is 0 Å². The van der Waals surface area contributed by atoms with Crippen molar-refractivity contribution in [1.82, 2.24) is 0 Å². The van der Waals surface area contributed by atoms with E-state index in [0.29, 0.717) is 12.1 Å². The average molecular weight is 236 g/mol. The maximum atomic E-state index is 12.0. The van der Waals surface area contributed by atoms with Crippen molar-refractivity contribution in [3.8, 4) is 0 Å². The summed E-state index contributed by atoms with van der Waals surface area (Å²) in [6, 6.07) is 6.14. The first-order chi connectivity index (χ1) is 6.97. The van der Waals surface area contributed by atoms with Crippen LogP contribution in [0.5, 0.6) is 0 Å². The molecule has 1 aromatic rings. The van der Waals surface area contributed by atoms with Crippen LogP contribution in [0, 0.1) is 0 Å². The van der Waals surface area contributed by atoms with Gasteiger partial charge in [0.2, 0.25) is 0 Å². The van der Waals surface area contributed by atoms with Gasteiger partial charge in [-0.2, -0.15) is 8.78 Å². The van der Waals surface area contributed by atoms with Gasteiger partial charge in [0, 0.05) is 0 Å². The van der Waals surface area contributed by atoms with Gasteiger partial charge in [-0.05, 0) is 5.56 Å². The van der Waals surface area contributed by atoms with Crippen LogP contribution in [0.4, 0.5) is 14.5 Å². The molecular weight excluding hydrogens is 226 g/mol. The fourth-order valence-electron chi connectivity index (χ4n) is 0.988. The highest BCUT2D eigenvalue weighted by molar-refractivity contribution is 7.94. The third kappa shape index (κ3) is 2.87. The van der Waals surface area contributed by atoms with E-state index in [1.807, 2.05) is 0 Å². The summed E-state index contributed by atoms with van der Waals surface area (Å²) in [5.74, 6) is -3.49. The SMILES string of the molecule is [NH3+]Cc1ccccc1[N-]S(=O)(=O)C(F)F. The van der Waals surface area contributed by atoms with Crippen molar-refractivity contribution in [3.05, 3.63) is 34.6 Å². The van der Waals surface area contributed by atoms with Gasteiger partial charge in [-0.1, -0.05) is 24.3 Å². The van der Waals surface area contributed by atoms with Gasteiger partial charge in [-0.15, -0.1) is 5.69 Å². The predicted octanol–water partition coefficient (Wildman–Crippen LogP) is 0.986. The Bertz CT molecular complexity index is 434. The fourth-order valence-corrected chi connectivity index (χ4v) is 1.52. The molecule has 0 fully saturated rings. The second-order valence-corrected chi connectivity index (χ2v) is 4.31. The lowest BCUT2D eigenvalue weighted by Crippen LogP contribution is -2.47. The van der Waals surface area contributed by atoms with Crippen molar-refractivity contribution in [2.75, 3.05) is 0 Å². The summed E-state index contributed by atoms with van der Waals surface area (Å²) in [6.07, 6.45) is 0. The number of hydrogen-bond acceptors (Lipinski definition) is 2. The Morgan fingerprint density at radius 1 is 1.33 bits per heavy atom. The summed E-state index contributed by atoms with van der Waals surface area (Å²) in [7, 11) is -4.72. The molecule has 15 heavy (non-hydrogen) atoms. The van der Waals surface area contributed by atoms with Gasteiger partial charge in [-0.25, -0.2) is 8.42 Å². The molecule has 0 aliphatic rings. The van der Waals surface area contributed by atoms with Crippen LogP contribution in [0.1, 0.15) is 5.56 Å². The molecule has 0 unspecified atom stereocenters. The summed E-state index contributed by atoms with van der Waals surface area (Å²) in [6.45, 7) is 0.290. The van der Waals surface area contributed by atoms with E-state index in [2.05, 4.69) is 10.5 Å². The lowest BCUT2D eigenvalue weighted by atomic mass is 10.2. The van der Waals surface area contributed by atoms with Gasteiger partial charge < -0.3 is 10.5 Å². The highest BCUT2D eigenvalue weighted by Crippen LogP contribution is 2.29. The van der Waals surface area contributed by atoms with Crippen LogP contribution in [0.25, 0.3) is 4.72 Å². The van der Waals surface area contributed by atoms with Gasteiger partial charge in [-0.3, -0.25) is 0 Å². The average Bonchev–Trinajstić information content (AvgIpc) is 2.18. The number of benzene rings is 1. The minimum atomic E-state index is -4.72. The number of alkyl halides is 2. The highest BCUT2D eigenvalue weighted by Gasteiger charge is 2.14. The van der Waals surface area contributed by atoms with Gasteiger partial charge in [0.15, 0.2) is 10.0 Å². The summed E-state index contributed by atoms with van der Waals surface area (Å²) in [5.41, 5.74) is 4.09. The first-order valence-electron chi connectivity index (χ1n) is 4.09. The van der Waals surface area contributed by atoms with E-state index in [4.69, 9.17) is 0 Å². The standard InChI is InChI=1S/C8H9F2N2O2S/c9-8(10)15(13,14)12-7-4-2-1-3-6(7)5-11/h1-4,8H,5,11H2/q-1/p+1. The molecule has 0 saturated carbocycles. The zero-order chi connectivity index (χ0) is 11.5. The molecule has 0 heterocycles. The Balaban J connectivity index is 3.00. The number of sulfonamides is 1. The maximum absolute atomic E-state index is 12.0. The summed E-state index contributed by atoms with van der Waals surface area (Å²) >= 11 is 0. The molecule has 0 aromatic heterocycles. The lowest BCUT2D eigenvalue weighted by Gasteiger charge is -2.22. The number of nitrogens with zero attached hydrogens (tertiary/aromatic N) is 1. The minimum Gasteiger partial charge on any atom is -0.572 e. The first-order valence-corrected chi connectivity index (χ1v) is 5.60. The van der Waals surface area contributed by atoms with Crippen molar-refractivity contribution in [2.24, 2.45) is 0 Å². The second kappa shape index (κ2) is 4.54. The van der Waals surface area contributed by atoms with E-state index in [1.165, 1.54) is 12.1 Å². The molecule has 7 heteroatoms. The molecule has 3 N–H and O–H groups in total. The van der Waals surface area contributed by atoms with Gasteiger partial charge in [0.25, 0.3) is 0 Å². The van der Waals surface area contributed by atoms with Crippen molar-refractivity contribution in [3.63, 3.8) is 0 Å². The molecule has 0 bridgehead atoms. The monoisotopic (exact) mass is 236 g/mol. The molecule has 0 aliphatic heterocycles. The van der Waals surface area contributed by atoms with Crippen molar-refractivity contribution in [2.45, 2.75) is 12.3 Å². The smallest absolute Gasteiger partial charge is 0.323 e. The second-order valence-electron chi connectivity index (χ2n) is 2.75. The summed E-state index contributed by atoms with van der Waals surface area (Å²) < 4.78 is 48.8. The Labute approximate surface area is 86.1 Å². The molecule has 0 amide bonds. The van der Waals surface area contributed by atoms with E-state index >= 15 is 0 Å². The number of hydrogen-bond donors (Lipinski definition) is 1. The first kappa shape index (κ1) is 11.9. The molecule has 84 valence electrons. The highest BCUT2D eigenvalue weighted by atomic mass is 32.2. The van der Waals surface area contributed by atoms with E-state index < -0.39 is 15.8 Å². The molecule has 0 spiro atoms. The van der Waals surface area contributed by atoms with Crippen LogP contribution in [-0.4, -0.2) is 14.2 Å². The molecule has 1 rings (SSSR count). The Morgan fingerprint density at radius 2 is 1.93 bits per heavy atom. The van der Waals surface area contributed by atoms with Crippen LogP contribution in [0.15, 0.2) is 24.3 Å². The van der Waals surface area contributed by atoms with Crippen LogP contribution >= 0.6 is 0 Å². The molecule has 1 aromatic carbocycles. The minimum absolute atomic E-state index is 0.0211. The molecule has 0 atom stereocenters. The lowest BCUT2D eigenvalue weighted by molar-refractivity contribution is -0.386. The van der Waals surface area contributed by atoms with Gasteiger partial charge in [0.05, 0.1) is 6.54 Å². The maximum Gasteiger partial charge on any atom is 0.323 e. The normalized spacial score (nSPS) is 11.7. The molecular formula is C8H10F2N2O2S. The zero-order valence-electron chi connectivity index (χ0n) is 7.73. The predicted molar refractivity (Wildman–Crippen MR) is 51.0 cm³/mol. The van der Waals surface area contributed by atoms with Crippen LogP contribution in [0.3, 0.4) is 0 Å². The summed E-state index contributed by atoms with van der Waals surface area (Å²) in [4.78, 5) is 0. The van der Waals surface area contributed by atoms with Crippen molar-refractivity contribution in [1.29, 1.82) is 0 Å². The van der Waals surface area contributed by atoms with E-state index in [-0.39, 0.29) is 5.69 Å². The van der Waals surface area contributed by atoms with Crippen LogP contribution < -0.4 is 5.73 Å². The number of halogens is 2. The molecule has 4 nitrogen and oxygen atoms in total. The van der Waals surface area contributed by atoms with E-state index in [1.54, 1.807) is 12.1 Å². The van der Waals surface area contributed by atoms with E-state index in [9.17, 15) is 17.2 Å². The molecule has 0 aliphatic carbocycles. The topological polar surface area (TPSA) is 75.9 Å². The Kier molecular flexibility index (Phi) is 3.59. The Hall–Kier alpha value is -1.21. The van der Waals surface area contributed by atoms with Crippen LogP contribution in [0.2, 0.25) is 0 Å². The third-order valence-electron chi connectivity index (χ3n) is 1.71. The van der Waals surface area contributed by atoms with Crippen molar-refractivity contribution < 1.29 is 22.9 Å². The fraction of sp³-hybridized carbons (Fsp3) is 0.250. The molecule has 0 radical (unpaired) electrons. The Morgan fingerprint density at radius 3 is 2.47 bits per heavy atom. The van der Waals surface area contributed by atoms with Crippen molar-refractivity contribution >= 4 is 15.7 Å². The number of rotatable bonds is 4. The zero-order valence-corrected chi connectivity index (χ0v) is 8.55.